The lowest BCUT2D eigenvalue weighted by molar-refractivity contribution is -0.143. The van der Waals surface area contributed by atoms with Crippen molar-refractivity contribution in [1.29, 1.82) is 0 Å². The van der Waals surface area contributed by atoms with E-state index in [9.17, 15) is 34.2 Å². The number of hydrogen-bond acceptors (Lipinski definition) is 7. The number of carbonyl (C=O) groups is 5. The molecule has 2 aromatic rings. The lowest BCUT2D eigenvalue weighted by Crippen LogP contribution is -2.58. The van der Waals surface area contributed by atoms with Gasteiger partial charge in [0.05, 0.1) is 12.5 Å². The maximum absolute atomic E-state index is 13.4. The number of nitrogens with one attached hydrogen (secondary N) is 3. The summed E-state index contributed by atoms with van der Waals surface area (Å²) in [5, 5.41) is 35.6. The van der Waals surface area contributed by atoms with E-state index in [2.05, 4.69) is 16.0 Å². The van der Waals surface area contributed by atoms with Crippen LogP contribution in [0.4, 0.5) is 0 Å². The van der Waals surface area contributed by atoms with Crippen LogP contribution in [0.3, 0.4) is 0 Å². The van der Waals surface area contributed by atoms with Crippen molar-refractivity contribution in [3.63, 3.8) is 0 Å². The molecule has 0 aliphatic rings. The van der Waals surface area contributed by atoms with Crippen molar-refractivity contribution < 1.29 is 39.3 Å². The molecule has 2 aromatic carbocycles. The topological polar surface area (TPSA) is 208 Å². The van der Waals surface area contributed by atoms with E-state index in [-0.39, 0.29) is 18.6 Å². The molecule has 12 heteroatoms. The molecule has 0 radical (unpaired) electrons. The van der Waals surface area contributed by atoms with Gasteiger partial charge in [-0.1, -0.05) is 56.3 Å². The number of carboxylic acids is 2. The molecule has 3 amide bonds. The molecule has 0 saturated carbocycles. The Labute approximate surface area is 225 Å². The second kappa shape index (κ2) is 14.5. The highest BCUT2D eigenvalue weighted by atomic mass is 16.4. The third kappa shape index (κ3) is 10.1. The molecule has 210 valence electrons. The molecule has 0 heterocycles. The fourth-order valence-electron chi connectivity index (χ4n) is 3.74. The van der Waals surface area contributed by atoms with Crippen LogP contribution in [0.1, 0.15) is 31.4 Å². The zero-order chi connectivity index (χ0) is 29.1. The summed E-state index contributed by atoms with van der Waals surface area (Å²) in [6, 6.07) is 9.51. The predicted molar refractivity (Wildman–Crippen MR) is 140 cm³/mol. The fraction of sp³-hybridized carbons (Fsp3) is 0.370. The van der Waals surface area contributed by atoms with Crippen molar-refractivity contribution in [2.24, 2.45) is 11.7 Å². The maximum atomic E-state index is 13.4. The Morgan fingerprint density at radius 2 is 1.23 bits per heavy atom. The number of aromatic hydroxyl groups is 1. The van der Waals surface area contributed by atoms with Crippen molar-refractivity contribution in [3.8, 4) is 5.75 Å². The number of phenolic OH excluding ortho intramolecular Hbond substituents is 1. The molecular formula is C27H34N4O8. The van der Waals surface area contributed by atoms with E-state index in [1.165, 1.54) is 12.1 Å². The van der Waals surface area contributed by atoms with E-state index in [0.29, 0.717) is 11.1 Å². The first-order valence-corrected chi connectivity index (χ1v) is 12.3. The number of aliphatic carboxylic acids is 2. The van der Waals surface area contributed by atoms with Crippen molar-refractivity contribution >= 4 is 29.7 Å². The normalized spacial score (nSPS) is 13.9. The monoisotopic (exact) mass is 542 g/mol. The number of amides is 3. The Hall–Kier alpha value is -4.45. The summed E-state index contributed by atoms with van der Waals surface area (Å²) in [4.78, 5) is 61.8. The van der Waals surface area contributed by atoms with Crippen LogP contribution in [0.15, 0.2) is 54.6 Å². The molecule has 12 nitrogen and oxygen atoms in total. The first kappa shape index (κ1) is 30.8. The third-order valence-corrected chi connectivity index (χ3v) is 5.89. The number of carbonyl (C=O) groups excluding carboxylic acids is 3. The van der Waals surface area contributed by atoms with Crippen LogP contribution in [0.25, 0.3) is 0 Å². The Balaban J connectivity index is 2.33. The van der Waals surface area contributed by atoms with Crippen molar-refractivity contribution in [2.45, 2.75) is 57.3 Å². The van der Waals surface area contributed by atoms with Gasteiger partial charge in [0, 0.05) is 12.8 Å². The van der Waals surface area contributed by atoms with E-state index in [4.69, 9.17) is 10.8 Å². The van der Waals surface area contributed by atoms with Gasteiger partial charge in [0.15, 0.2) is 0 Å². The number of carboxylic acid groups (broad SMARTS) is 2. The molecule has 0 aliphatic heterocycles. The summed E-state index contributed by atoms with van der Waals surface area (Å²) in [7, 11) is 0. The molecule has 0 fully saturated rings. The summed E-state index contributed by atoms with van der Waals surface area (Å²) in [6.07, 6.45) is -0.689. The first-order chi connectivity index (χ1) is 18.4. The molecule has 4 unspecified atom stereocenters. The highest BCUT2D eigenvalue weighted by molar-refractivity contribution is 5.95. The SMILES string of the molecule is CC(C)C(NC(=O)C(Cc1ccc(O)cc1)NC(=O)C(Cc1ccccc1)NC(=O)C(N)CC(=O)O)C(=O)O. The average molecular weight is 543 g/mol. The van der Waals surface area contributed by atoms with Crippen LogP contribution >= 0.6 is 0 Å². The predicted octanol–water partition coefficient (Wildman–Crippen LogP) is 0.174. The minimum atomic E-state index is -1.41. The quantitative estimate of drug-likeness (QED) is 0.173. The summed E-state index contributed by atoms with van der Waals surface area (Å²) in [6.45, 7) is 3.25. The van der Waals surface area contributed by atoms with Gasteiger partial charge in [-0.2, -0.15) is 0 Å². The average Bonchev–Trinajstić information content (AvgIpc) is 2.87. The maximum Gasteiger partial charge on any atom is 0.326 e. The first-order valence-electron chi connectivity index (χ1n) is 12.3. The largest absolute Gasteiger partial charge is 0.508 e. The Morgan fingerprint density at radius 1 is 0.744 bits per heavy atom. The van der Waals surface area contributed by atoms with Gasteiger partial charge in [-0.05, 0) is 29.2 Å². The summed E-state index contributed by atoms with van der Waals surface area (Å²) in [5.74, 6) is -5.36. The lowest BCUT2D eigenvalue weighted by Gasteiger charge is -2.26. The van der Waals surface area contributed by atoms with Gasteiger partial charge in [-0.15, -0.1) is 0 Å². The third-order valence-electron chi connectivity index (χ3n) is 5.89. The van der Waals surface area contributed by atoms with Crippen LogP contribution in [-0.2, 0) is 36.8 Å². The summed E-state index contributed by atoms with van der Waals surface area (Å²) < 4.78 is 0. The number of benzene rings is 2. The van der Waals surface area contributed by atoms with Crippen molar-refractivity contribution in [2.75, 3.05) is 0 Å². The molecule has 0 aliphatic carbocycles. The minimum Gasteiger partial charge on any atom is -0.508 e. The van der Waals surface area contributed by atoms with Gasteiger partial charge in [0.2, 0.25) is 17.7 Å². The van der Waals surface area contributed by atoms with Crippen LogP contribution in [0.5, 0.6) is 5.75 Å². The second-order valence-electron chi connectivity index (χ2n) is 9.46. The number of phenols is 1. The molecule has 8 N–H and O–H groups in total. The van der Waals surface area contributed by atoms with Crippen molar-refractivity contribution in [1.82, 2.24) is 16.0 Å². The van der Waals surface area contributed by atoms with Gasteiger partial charge in [0.1, 0.15) is 23.9 Å². The van der Waals surface area contributed by atoms with Gasteiger partial charge in [0.25, 0.3) is 0 Å². The highest BCUT2D eigenvalue weighted by Crippen LogP contribution is 2.13. The van der Waals surface area contributed by atoms with Gasteiger partial charge < -0.3 is 37.0 Å². The standard InChI is InChI=1S/C27H34N4O8/c1-15(2)23(27(38)39)31-26(37)21(13-17-8-10-18(32)11-9-17)30-25(36)20(12-16-6-4-3-5-7-16)29-24(35)19(28)14-22(33)34/h3-11,15,19-21,23,32H,12-14,28H2,1-2H3,(H,29,35)(H,30,36)(H,31,37)(H,33,34)(H,38,39). The van der Waals surface area contributed by atoms with Crippen LogP contribution in [-0.4, -0.2) is 69.1 Å². The molecule has 0 spiro atoms. The van der Waals surface area contributed by atoms with Crippen LogP contribution in [0, 0.1) is 5.92 Å². The van der Waals surface area contributed by atoms with E-state index in [0.717, 1.165) is 0 Å². The highest BCUT2D eigenvalue weighted by Gasteiger charge is 2.32. The van der Waals surface area contributed by atoms with E-state index in [1.54, 1.807) is 56.3 Å². The molecule has 0 aromatic heterocycles. The zero-order valence-corrected chi connectivity index (χ0v) is 21.7. The minimum absolute atomic E-state index is 0.00197. The molecule has 2 rings (SSSR count). The van der Waals surface area contributed by atoms with Crippen LogP contribution in [0.2, 0.25) is 0 Å². The summed E-state index contributed by atoms with van der Waals surface area (Å²) >= 11 is 0. The van der Waals surface area contributed by atoms with E-state index < -0.39 is 66.2 Å². The fourth-order valence-corrected chi connectivity index (χ4v) is 3.74. The number of rotatable bonds is 14. The van der Waals surface area contributed by atoms with Gasteiger partial charge in [-0.25, -0.2) is 4.79 Å². The van der Waals surface area contributed by atoms with Gasteiger partial charge >= 0.3 is 11.9 Å². The second-order valence-corrected chi connectivity index (χ2v) is 9.46. The van der Waals surface area contributed by atoms with E-state index in [1.807, 2.05) is 0 Å². The Kier molecular flexibility index (Phi) is 11.4. The molecule has 39 heavy (non-hydrogen) atoms. The number of nitrogens with two attached hydrogens (primary N) is 1. The smallest absolute Gasteiger partial charge is 0.326 e. The molecule has 0 saturated heterocycles. The van der Waals surface area contributed by atoms with Gasteiger partial charge in [-0.3, -0.25) is 19.2 Å². The Morgan fingerprint density at radius 3 is 1.72 bits per heavy atom. The summed E-state index contributed by atoms with van der Waals surface area (Å²) in [5.41, 5.74) is 6.91. The molecule has 0 bridgehead atoms. The van der Waals surface area contributed by atoms with Crippen LogP contribution < -0.4 is 21.7 Å². The zero-order valence-electron chi connectivity index (χ0n) is 21.7. The lowest BCUT2D eigenvalue weighted by atomic mass is 10.0. The number of hydrogen-bond donors (Lipinski definition) is 7. The Bertz CT molecular complexity index is 1150. The molecular weight excluding hydrogens is 508 g/mol. The molecule has 4 atom stereocenters. The van der Waals surface area contributed by atoms with Crippen molar-refractivity contribution in [3.05, 3.63) is 65.7 Å². The van der Waals surface area contributed by atoms with E-state index >= 15 is 0 Å².